The highest BCUT2D eigenvalue weighted by Gasteiger charge is 2.25. The maximum Gasteiger partial charge on any atom is 0.222 e. The zero-order chi connectivity index (χ0) is 22.2. The lowest BCUT2D eigenvalue weighted by Gasteiger charge is -2.36. The second kappa shape index (κ2) is 11.1. The van der Waals surface area contributed by atoms with Crippen molar-refractivity contribution in [3.05, 3.63) is 36.8 Å². The highest BCUT2D eigenvalue weighted by Crippen LogP contribution is 2.26. The van der Waals surface area contributed by atoms with Crippen LogP contribution < -0.4 is 15.1 Å². The lowest BCUT2D eigenvalue weighted by Crippen LogP contribution is -2.49. The molecule has 0 bridgehead atoms. The molecule has 0 aliphatic carbocycles. The van der Waals surface area contributed by atoms with Gasteiger partial charge in [-0.25, -0.2) is 15.0 Å². The van der Waals surface area contributed by atoms with Crippen LogP contribution in [0.2, 0.25) is 0 Å². The van der Waals surface area contributed by atoms with Crippen molar-refractivity contribution in [2.45, 2.75) is 39.0 Å². The van der Waals surface area contributed by atoms with Crippen molar-refractivity contribution < 1.29 is 4.79 Å². The van der Waals surface area contributed by atoms with Gasteiger partial charge in [-0.15, -0.1) is 0 Å². The predicted octanol–water partition coefficient (Wildman–Crippen LogP) is 3.04. The van der Waals surface area contributed by atoms with Gasteiger partial charge in [-0.05, 0) is 43.7 Å². The fourth-order valence-corrected chi connectivity index (χ4v) is 4.59. The van der Waals surface area contributed by atoms with E-state index in [1.807, 2.05) is 35.4 Å². The standard InChI is InChI=1S/C24H35N7O/c1-2-10-25-21-17-23(28-19-27-21)31-12-5-6-20(18-31)8-9-24(32)30-15-13-29(14-16-30)22-7-3-4-11-26-22/h3-4,7,11,17,19-20H,2,5-6,8-10,12-16,18H2,1H3,(H,25,27,28)/t20-/m1/s1. The van der Waals surface area contributed by atoms with E-state index in [9.17, 15) is 4.79 Å². The first-order valence-corrected chi connectivity index (χ1v) is 12.0. The summed E-state index contributed by atoms with van der Waals surface area (Å²) in [6.45, 7) is 8.30. The van der Waals surface area contributed by atoms with Gasteiger partial charge in [0, 0.05) is 64.5 Å². The van der Waals surface area contributed by atoms with E-state index < -0.39 is 0 Å². The first kappa shape index (κ1) is 22.3. The predicted molar refractivity (Wildman–Crippen MR) is 128 cm³/mol. The Kier molecular flexibility index (Phi) is 7.74. The van der Waals surface area contributed by atoms with Crippen LogP contribution in [0.3, 0.4) is 0 Å². The van der Waals surface area contributed by atoms with Crippen molar-refractivity contribution in [1.29, 1.82) is 0 Å². The maximum atomic E-state index is 12.8. The molecule has 1 amide bonds. The fourth-order valence-electron chi connectivity index (χ4n) is 4.59. The monoisotopic (exact) mass is 437 g/mol. The average molecular weight is 438 g/mol. The number of hydrogen-bond acceptors (Lipinski definition) is 7. The number of pyridine rings is 1. The molecule has 2 fully saturated rings. The molecule has 4 heterocycles. The van der Waals surface area contributed by atoms with Crippen molar-refractivity contribution in [3.63, 3.8) is 0 Å². The topological polar surface area (TPSA) is 77.5 Å². The second-order valence-corrected chi connectivity index (χ2v) is 8.74. The molecule has 0 unspecified atom stereocenters. The Bertz CT molecular complexity index is 854. The second-order valence-electron chi connectivity index (χ2n) is 8.74. The van der Waals surface area contributed by atoms with E-state index in [0.717, 1.165) is 82.5 Å². The van der Waals surface area contributed by atoms with Gasteiger partial charge >= 0.3 is 0 Å². The summed E-state index contributed by atoms with van der Waals surface area (Å²) in [5, 5.41) is 3.34. The molecule has 0 radical (unpaired) electrons. The first-order chi connectivity index (χ1) is 15.7. The molecule has 2 aromatic heterocycles. The Hall–Kier alpha value is -2.90. The molecule has 0 saturated carbocycles. The Morgan fingerprint density at radius 3 is 2.72 bits per heavy atom. The van der Waals surface area contributed by atoms with E-state index >= 15 is 0 Å². The summed E-state index contributed by atoms with van der Waals surface area (Å²) in [4.78, 5) is 32.7. The minimum atomic E-state index is 0.288. The number of piperazine rings is 1. The van der Waals surface area contributed by atoms with Crippen molar-refractivity contribution >= 4 is 23.4 Å². The van der Waals surface area contributed by atoms with Crippen LogP contribution in [0, 0.1) is 5.92 Å². The molecule has 2 aromatic rings. The molecule has 32 heavy (non-hydrogen) atoms. The van der Waals surface area contributed by atoms with E-state index in [1.165, 1.54) is 6.42 Å². The highest BCUT2D eigenvalue weighted by molar-refractivity contribution is 5.76. The third-order valence-electron chi connectivity index (χ3n) is 6.42. The summed E-state index contributed by atoms with van der Waals surface area (Å²) in [5.41, 5.74) is 0. The van der Waals surface area contributed by atoms with Gasteiger partial charge in [0.2, 0.25) is 5.91 Å². The fraction of sp³-hybridized carbons (Fsp3) is 0.583. The van der Waals surface area contributed by atoms with Crippen LogP contribution in [0.15, 0.2) is 36.8 Å². The number of anilines is 3. The summed E-state index contributed by atoms with van der Waals surface area (Å²) in [5.74, 6) is 3.69. The quantitative estimate of drug-likeness (QED) is 0.680. The number of carbonyl (C=O) groups is 1. The largest absolute Gasteiger partial charge is 0.370 e. The summed E-state index contributed by atoms with van der Waals surface area (Å²) < 4.78 is 0. The number of carbonyl (C=O) groups excluding carboxylic acids is 1. The van der Waals surface area contributed by atoms with Crippen molar-refractivity contribution in [3.8, 4) is 0 Å². The van der Waals surface area contributed by atoms with Gasteiger partial charge in [0.15, 0.2) is 0 Å². The van der Waals surface area contributed by atoms with Crippen LogP contribution in [-0.2, 0) is 4.79 Å². The molecule has 2 saturated heterocycles. The Morgan fingerprint density at radius 2 is 1.94 bits per heavy atom. The van der Waals surface area contributed by atoms with Crippen LogP contribution in [-0.4, -0.2) is 71.6 Å². The molecule has 2 aliphatic rings. The normalized spacial score (nSPS) is 19.2. The van der Waals surface area contributed by atoms with Crippen LogP contribution in [0.25, 0.3) is 0 Å². The van der Waals surface area contributed by atoms with Crippen molar-refractivity contribution in [2.75, 3.05) is 60.9 Å². The average Bonchev–Trinajstić information content (AvgIpc) is 2.87. The van der Waals surface area contributed by atoms with E-state index in [-0.39, 0.29) is 5.91 Å². The number of nitrogens with one attached hydrogen (secondary N) is 1. The molecular formula is C24H35N7O. The lowest BCUT2D eigenvalue weighted by molar-refractivity contribution is -0.131. The van der Waals surface area contributed by atoms with Crippen molar-refractivity contribution in [1.82, 2.24) is 19.9 Å². The summed E-state index contributed by atoms with van der Waals surface area (Å²) >= 11 is 0. The zero-order valence-electron chi connectivity index (χ0n) is 19.1. The van der Waals surface area contributed by atoms with Gasteiger partial charge in [-0.2, -0.15) is 0 Å². The van der Waals surface area contributed by atoms with Crippen LogP contribution in [0.4, 0.5) is 17.5 Å². The minimum absolute atomic E-state index is 0.288. The van der Waals surface area contributed by atoms with Crippen molar-refractivity contribution in [2.24, 2.45) is 5.92 Å². The molecule has 8 nitrogen and oxygen atoms in total. The molecule has 1 N–H and O–H groups in total. The number of amides is 1. The number of nitrogens with zero attached hydrogens (tertiary/aromatic N) is 6. The van der Waals surface area contributed by atoms with Gasteiger partial charge in [0.25, 0.3) is 0 Å². The van der Waals surface area contributed by atoms with E-state index in [4.69, 9.17) is 0 Å². The zero-order valence-corrected chi connectivity index (χ0v) is 19.1. The summed E-state index contributed by atoms with van der Waals surface area (Å²) in [6.07, 6.45) is 8.44. The molecule has 2 aliphatic heterocycles. The Labute approximate surface area is 191 Å². The summed E-state index contributed by atoms with van der Waals surface area (Å²) in [7, 11) is 0. The molecule has 8 heteroatoms. The molecular weight excluding hydrogens is 402 g/mol. The van der Waals surface area contributed by atoms with Crippen LogP contribution in [0.1, 0.15) is 39.0 Å². The Morgan fingerprint density at radius 1 is 1.06 bits per heavy atom. The SMILES string of the molecule is CCCNc1cc(N2CCC[C@H](CCC(=O)N3CCN(c4ccccn4)CC3)C2)ncn1. The lowest BCUT2D eigenvalue weighted by atomic mass is 9.93. The number of piperidine rings is 1. The van der Waals surface area contributed by atoms with E-state index in [1.54, 1.807) is 6.33 Å². The smallest absolute Gasteiger partial charge is 0.222 e. The molecule has 4 rings (SSSR count). The van der Waals surface area contributed by atoms with E-state index in [0.29, 0.717) is 12.3 Å². The number of rotatable bonds is 8. The van der Waals surface area contributed by atoms with Gasteiger partial charge in [0.05, 0.1) is 0 Å². The van der Waals surface area contributed by atoms with Gasteiger partial charge in [0.1, 0.15) is 23.8 Å². The number of hydrogen-bond donors (Lipinski definition) is 1. The summed E-state index contributed by atoms with van der Waals surface area (Å²) in [6, 6.07) is 8.02. The maximum absolute atomic E-state index is 12.8. The highest BCUT2D eigenvalue weighted by atomic mass is 16.2. The van der Waals surface area contributed by atoms with Gasteiger partial charge in [-0.3, -0.25) is 4.79 Å². The number of aromatic nitrogens is 3. The van der Waals surface area contributed by atoms with E-state index in [2.05, 4.69) is 37.0 Å². The van der Waals surface area contributed by atoms with Gasteiger partial charge < -0.3 is 20.0 Å². The molecule has 172 valence electrons. The van der Waals surface area contributed by atoms with Gasteiger partial charge in [-0.1, -0.05) is 13.0 Å². The molecule has 0 aromatic carbocycles. The Balaban J connectivity index is 1.23. The molecule has 0 spiro atoms. The molecule has 1 atom stereocenters. The van der Waals surface area contributed by atoms with Crippen LogP contribution >= 0.6 is 0 Å². The van der Waals surface area contributed by atoms with Crippen LogP contribution in [0.5, 0.6) is 0 Å². The third kappa shape index (κ3) is 5.87. The third-order valence-corrected chi connectivity index (χ3v) is 6.42. The minimum Gasteiger partial charge on any atom is -0.370 e. The first-order valence-electron chi connectivity index (χ1n) is 12.0.